The van der Waals surface area contributed by atoms with Gasteiger partial charge in [0.1, 0.15) is 0 Å². The molecular formula is C19H26ClN3O3. The number of benzene rings is 1. The molecule has 1 atom stereocenters. The van der Waals surface area contributed by atoms with Crippen LogP contribution in [-0.2, 0) is 6.54 Å². The van der Waals surface area contributed by atoms with Crippen LogP contribution in [0.5, 0.6) is 17.2 Å². The first-order chi connectivity index (χ1) is 12.3. The summed E-state index contributed by atoms with van der Waals surface area (Å²) in [4.78, 5) is 6.71. The maximum Gasteiger partial charge on any atom is 0.203 e. The zero-order chi connectivity index (χ0) is 17.6. The SMILES string of the molecule is COc1ccc(CN2CCNCC2c2cccnc2)c(OC)c1OC.Cl. The van der Waals surface area contributed by atoms with Gasteiger partial charge in [-0.15, -0.1) is 12.4 Å². The van der Waals surface area contributed by atoms with Crippen molar-refractivity contribution in [1.29, 1.82) is 0 Å². The molecule has 1 aliphatic heterocycles. The number of hydrogen-bond donors (Lipinski definition) is 1. The third-order valence-electron chi connectivity index (χ3n) is 4.58. The molecule has 2 heterocycles. The lowest BCUT2D eigenvalue weighted by Crippen LogP contribution is -2.45. The van der Waals surface area contributed by atoms with Crippen molar-refractivity contribution in [2.75, 3.05) is 41.0 Å². The Morgan fingerprint density at radius 2 is 1.92 bits per heavy atom. The molecule has 26 heavy (non-hydrogen) atoms. The van der Waals surface area contributed by atoms with E-state index in [1.807, 2.05) is 30.6 Å². The van der Waals surface area contributed by atoms with E-state index < -0.39 is 0 Å². The van der Waals surface area contributed by atoms with Crippen molar-refractivity contribution in [3.63, 3.8) is 0 Å². The van der Waals surface area contributed by atoms with E-state index in [1.54, 1.807) is 21.3 Å². The topological polar surface area (TPSA) is 55.9 Å². The Hall–Kier alpha value is -2.02. The van der Waals surface area contributed by atoms with Gasteiger partial charge in [-0.3, -0.25) is 9.88 Å². The Labute approximate surface area is 160 Å². The van der Waals surface area contributed by atoms with Gasteiger partial charge in [0.2, 0.25) is 5.75 Å². The predicted molar refractivity (Wildman–Crippen MR) is 104 cm³/mol. The Kier molecular flexibility index (Phi) is 7.50. The summed E-state index contributed by atoms with van der Waals surface area (Å²) in [5.74, 6) is 2.04. The third-order valence-corrected chi connectivity index (χ3v) is 4.58. The van der Waals surface area contributed by atoms with Gasteiger partial charge in [0.05, 0.1) is 21.3 Å². The molecule has 1 fully saturated rings. The van der Waals surface area contributed by atoms with Crippen LogP contribution in [0.2, 0.25) is 0 Å². The molecule has 0 spiro atoms. The van der Waals surface area contributed by atoms with Gasteiger partial charge < -0.3 is 19.5 Å². The van der Waals surface area contributed by atoms with E-state index in [0.29, 0.717) is 11.5 Å². The van der Waals surface area contributed by atoms with Crippen LogP contribution in [0, 0.1) is 0 Å². The maximum absolute atomic E-state index is 5.63. The van der Waals surface area contributed by atoms with E-state index >= 15 is 0 Å². The van der Waals surface area contributed by atoms with Crippen LogP contribution in [0.15, 0.2) is 36.7 Å². The molecule has 0 amide bonds. The van der Waals surface area contributed by atoms with Crippen molar-refractivity contribution in [1.82, 2.24) is 15.2 Å². The average Bonchev–Trinajstić information content (AvgIpc) is 2.68. The highest BCUT2D eigenvalue weighted by atomic mass is 35.5. The molecule has 1 N–H and O–H groups in total. The highest BCUT2D eigenvalue weighted by Crippen LogP contribution is 2.40. The second-order valence-electron chi connectivity index (χ2n) is 5.97. The molecule has 1 saturated heterocycles. The second-order valence-corrected chi connectivity index (χ2v) is 5.97. The molecule has 1 aliphatic rings. The highest BCUT2D eigenvalue weighted by Gasteiger charge is 2.26. The molecule has 3 rings (SSSR count). The minimum absolute atomic E-state index is 0. The Balaban J connectivity index is 0.00000243. The van der Waals surface area contributed by atoms with Gasteiger partial charge in [0.25, 0.3) is 0 Å². The summed E-state index contributed by atoms with van der Waals surface area (Å²) in [6.07, 6.45) is 3.75. The van der Waals surface area contributed by atoms with Gasteiger partial charge in [-0.25, -0.2) is 0 Å². The summed E-state index contributed by atoms with van der Waals surface area (Å²) in [6, 6.07) is 8.36. The molecule has 2 aromatic rings. The van der Waals surface area contributed by atoms with Crippen molar-refractivity contribution in [2.24, 2.45) is 0 Å². The number of nitrogens with one attached hydrogen (secondary N) is 1. The van der Waals surface area contributed by atoms with Gasteiger partial charge in [-0.1, -0.05) is 12.1 Å². The van der Waals surface area contributed by atoms with Crippen LogP contribution < -0.4 is 19.5 Å². The molecule has 6 nitrogen and oxygen atoms in total. The van der Waals surface area contributed by atoms with Gasteiger partial charge in [-0.05, 0) is 17.7 Å². The number of nitrogens with zero attached hydrogens (tertiary/aromatic N) is 2. The summed E-state index contributed by atoms with van der Waals surface area (Å²) in [5, 5.41) is 3.47. The lowest BCUT2D eigenvalue weighted by atomic mass is 10.0. The fourth-order valence-electron chi connectivity index (χ4n) is 3.34. The van der Waals surface area contributed by atoms with Crippen LogP contribution in [-0.4, -0.2) is 50.8 Å². The fourth-order valence-corrected chi connectivity index (χ4v) is 3.34. The van der Waals surface area contributed by atoms with Gasteiger partial charge >= 0.3 is 0 Å². The van der Waals surface area contributed by atoms with E-state index in [0.717, 1.165) is 37.5 Å². The van der Waals surface area contributed by atoms with Gasteiger partial charge in [0.15, 0.2) is 11.5 Å². The molecule has 1 aromatic heterocycles. The number of halogens is 1. The minimum Gasteiger partial charge on any atom is -0.493 e. The molecule has 1 unspecified atom stereocenters. The van der Waals surface area contributed by atoms with Crippen molar-refractivity contribution >= 4 is 12.4 Å². The first-order valence-electron chi connectivity index (χ1n) is 8.41. The van der Waals surface area contributed by atoms with Gasteiger partial charge in [0, 0.05) is 50.2 Å². The number of methoxy groups -OCH3 is 3. The van der Waals surface area contributed by atoms with Crippen molar-refractivity contribution in [3.05, 3.63) is 47.8 Å². The number of ether oxygens (including phenoxy) is 3. The summed E-state index contributed by atoms with van der Waals surface area (Å²) in [6.45, 7) is 3.59. The van der Waals surface area contributed by atoms with E-state index in [-0.39, 0.29) is 18.4 Å². The quantitative estimate of drug-likeness (QED) is 0.832. The zero-order valence-corrected chi connectivity index (χ0v) is 16.2. The normalized spacial score (nSPS) is 17.3. The van der Waals surface area contributed by atoms with E-state index in [1.165, 1.54) is 5.56 Å². The second kappa shape index (κ2) is 9.62. The van der Waals surface area contributed by atoms with Crippen LogP contribution in [0.4, 0.5) is 0 Å². The first kappa shape index (κ1) is 20.3. The van der Waals surface area contributed by atoms with Crippen molar-refractivity contribution in [2.45, 2.75) is 12.6 Å². The summed E-state index contributed by atoms with van der Waals surface area (Å²) in [7, 11) is 4.93. The largest absolute Gasteiger partial charge is 0.493 e. The van der Waals surface area contributed by atoms with E-state index in [4.69, 9.17) is 14.2 Å². The highest BCUT2D eigenvalue weighted by molar-refractivity contribution is 5.85. The molecule has 1 aromatic carbocycles. The molecular weight excluding hydrogens is 354 g/mol. The number of aromatic nitrogens is 1. The Morgan fingerprint density at radius 3 is 2.58 bits per heavy atom. The smallest absolute Gasteiger partial charge is 0.203 e. The number of piperazine rings is 1. The molecule has 0 bridgehead atoms. The lowest BCUT2D eigenvalue weighted by Gasteiger charge is -2.36. The van der Waals surface area contributed by atoms with E-state index in [2.05, 4.69) is 21.3 Å². The van der Waals surface area contributed by atoms with Crippen LogP contribution in [0.1, 0.15) is 17.2 Å². The van der Waals surface area contributed by atoms with Crippen LogP contribution >= 0.6 is 12.4 Å². The Bertz CT molecular complexity index is 700. The zero-order valence-electron chi connectivity index (χ0n) is 15.4. The summed E-state index contributed by atoms with van der Waals surface area (Å²) >= 11 is 0. The number of hydrogen-bond acceptors (Lipinski definition) is 6. The monoisotopic (exact) mass is 379 g/mol. The Morgan fingerprint density at radius 1 is 1.12 bits per heavy atom. The third kappa shape index (κ3) is 4.20. The molecule has 142 valence electrons. The predicted octanol–water partition coefficient (Wildman–Crippen LogP) is 2.68. The van der Waals surface area contributed by atoms with Crippen LogP contribution in [0.3, 0.4) is 0 Å². The number of pyridine rings is 1. The van der Waals surface area contributed by atoms with E-state index in [9.17, 15) is 0 Å². The van der Waals surface area contributed by atoms with Gasteiger partial charge in [-0.2, -0.15) is 0 Å². The standard InChI is InChI=1S/C19H25N3O3.ClH/c1-23-17-7-6-15(18(24-2)19(17)25-3)13-22-10-9-21-12-16(22)14-5-4-8-20-11-14;/h4-8,11,16,21H,9-10,12-13H2,1-3H3;1H. The number of rotatable bonds is 6. The molecule has 0 radical (unpaired) electrons. The summed E-state index contributed by atoms with van der Waals surface area (Å²) in [5.41, 5.74) is 2.30. The minimum atomic E-state index is 0. The van der Waals surface area contributed by atoms with Crippen LogP contribution in [0.25, 0.3) is 0 Å². The van der Waals surface area contributed by atoms with Crippen molar-refractivity contribution in [3.8, 4) is 17.2 Å². The molecule has 7 heteroatoms. The lowest BCUT2D eigenvalue weighted by molar-refractivity contribution is 0.151. The summed E-state index contributed by atoms with van der Waals surface area (Å²) < 4.78 is 16.5. The van der Waals surface area contributed by atoms with Crippen molar-refractivity contribution < 1.29 is 14.2 Å². The molecule has 0 aliphatic carbocycles. The fraction of sp³-hybridized carbons (Fsp3) is 0.421. The first-order valence-corrected chi connectivity index (χ1v) is 8.41. The average molecular weight is 380 g/mol. The maximum atomic E-state index is 5.63. The molecule has 0 saturated carbocycles.